The number of aliphatic hydroxyl groups excluding tert-OH is 1. The number of aliphatic hydroxyl groups is 1. The van der Waals surface area contributed by atoms with Gasteiger partial charge in [0.05, 0.1) is 46.6 Å². The van der Waals surface area contributed by atoms with Gasteiger partial charge in [-0.25, -0.2) is 9.97 Å². The molecule has 1 saturated heterocycles. The highest BCUT2D eigenvalue weighted by molar-refractivity contribution is 7.15. The highest BCUT2D eigenvalue weighted by Gasteiger charge is 2.45. The first-order valence-electron chi connectivity index (χ1n) is 24.3. The molecular formula is C53H59ClN10O7S2. The minimum atomic E-state index is -1.03. The molecule has 20 heteroatoms. The number of ether oxygens (including phenoxy) is 2. The van der Waals surface area contributed by atoms with E-state index in [0.29, 0.717) is 35.3 Å². The van der Waals surface area contributed by atoms with Crippen LogP contribution in [0.5, 0.6) is 11.6 Å². The number of thiazole rings is 1. The summed E-state index contributed by atoms with van der Waals surface area (Å²) in [5.41, 5.74) is 7.73. The van der Waals surface area contributed by atoms with E-state index in [2.05, 4.69) is 50.0 Å². The summed E-state index contributed by atoms with van der Waals surface area (Å²) in [5, 5.41) is 30.2. The third-order valence-electron chi connectivity index (χ3n) is 13.6. The van der Waals surface area contributed by atoms with E-state index >= 15 is 0 Å². The van der Waals surface area contributed by atoms with Crippen molar-refractivity contribution in [1.82, 2.24) is 45.6 Å². The molecule has 0 bridgehead atoms. The zero-order valence-electron chi connectivity index (χ0n) is 41.9. The van der Waals surface area contributed by atoms with Gasteiger partial charge in [-0.2, -0.15) is 0 Å². The summed E-state index contributed by atoms with van der Waals surface area (Å²) in [6, 6.07) is 15.7. The molecule has 2 aromatic carbocycles. The third kappa shape index (κ3) is 11.2. The number of amides is 4. The van der Waals surface area contributed by atoms with Gasteiger partial charge in [0, 0.05) is 58.9 Å². The van der Waals surface area contributed by atoms with E-state index in [9.17, 15) is 24.3 Å². The van der Waals surface area contributed by atoms with Crippen LogP contribution in [-0.4, -0.2) is 108 Å². The van der Waals surface area contributed by atoms with E-state index in [1.165, 1.54) is 11.1 Å². The second kappa shape index (κ2) is 21.1. The maximum atomic E-state index is 14.2. The van der Waals surface area contributed by atoms with Gasteiger partial charge in [-0.3, -0.25) is 28.7 Å². The highest BCUT2D eigenvalue weighted by Crippen LogP contribution is 2.40. The summed E-state index contributed by atoms with van der Waals surface area (Å²) in [6.45, 7) is 14.9. The molecule has 4 N–H and O–H groups in total. The van der Waals surface area contributed by atoms with Crippen molar-refractivity contribution in [3.8, 4) is 27.1 Å². The zero-order valence-corrected chi connectivity index (χ0v) is 44.3. The Hall–Kier alpha value is -6.54. The summed E-state index contributed by atoms with van der Waals surface area (Å²) in [4.78, 5) is 72.4. The first-order valence-corrected chi connectivity index (χ1v) is 26.4. The number of aromatic nitrogens is 5. The molecule has 6 aromatic rings. The maximum absolute atomic E-state index is 14.2. The number of aliphatic imine (C=N–C) groups is 1. The van der Waals surface area contributed by atoms with Gasteiger partial charge in [0.15, 0.2) is 12.4 Å². The van der Waals surface area contributed by atoms with Crippen LogP contribution in [0.4, 0.5) is 0 Å². The van der Waals surface area contributed by atoms with Crippen molar-refractivity contribution in [3.63, 3.8) is 0 Å². The average Bonchev–Trinajstić information content (AvgIpc) is 4.11. The highest BCUT2D eigenvalue weighted by atomic mass is 35.5. The molecule has 9 rings (SSSR count). The van der Waals surface area contributed by atoms with Crippen LogP contribution in [0.1, 0.15) is 110 Å². The molecule has 382 valence electrons. The molecule has 17 nitrogen and oxygen atoms in total. The Bertz CT molecular complexity index is 3050. The molecule has 1 unspecified atom stereocenters. The number of nitrogens with zero attached hydrogens (tertiary/aromatic N) is 7. The van der Waals surface area contributed by atoms with Crippen molar-refractivity contribution in [2.24, 2.45) is 10.4 Å². The average molecular weight is 1050 g/mol. The Labute approximate surface area is 436 Å². The van der Waals surface area contributed by atoms with Gasteiger partial charge in [0.2, 0.25) is 23.6 Å². The number of halogens is 1. The number of aryl methyl sites for hydroxylation is 3. The Kier molecular flexibility index (Phi) is 14.9. The fourth-order valence-corrected chi connectivity index (χ4v) is 11.6. The summed E-state index contributed by atoms with van der Waals surface area (Å²) in [7, 11) is 0. The number of benzene rings is 2. The molecule has 4 amide bonds. The van der Waals surface area contributed by atoms with Gasteiger partial charge in [-0.15, -0.1) is 32.9 Å². The predicted octanol–water partition coefficient (Wildman–Crippen LogP) is 7.49. The lowest BCUT2D eigenvalue weighted by atomic mass is 9.85. The molecule has 2 fully saturated rings. The molecule has 3 aliphatic rings. The SMILES string of the molecule is Cc1ncsc1-c1ccc([C@H](C)NC(=O)[C@@H]2C[C@@H](O)CN2C(=O)[C@@H](NC(=O)COc2ccc(O[C@H]3C[C@@H](NC(=O)CC4N=C(c5ccc(Cl)cc5)c5c(sc(C)c5C)-n5c(C)nnc54)C3)nc2)C(C)(C)C)cc1. The van der Waals surface area contributed by atoms with Crippen molar-refractivity contribution in [2.75, 3.05) is 13.2 Å². The standard InChI is InChI=1S/C53H59ClN10O7S2/c1-27-30(4)73-52-45(27)46(33-13-15-35(54)16-14-33)59-40(49-62-61-31(5)64(49)52)22-42(66)58-36-19-39(20-36)71-44-18-17-38(23-55-44)70-25-43(67)60-48(53(6,7)8)51(69)63-24-37(65)21-41(63)50(68)57-28(2)32-9-11-34(12-10-32)47-29(3)56-26-72-47/h9-18,23,26,28,36-37,39-41,48,65H,19-22,24-25H2,1-8H3,(H,57,68)(H,58,66)(H,60,67)/t28-,36-,37+,39+,40?,41-,48+/m0/s1. The number of rotatable bonds is 15. The van der Waals surface area contributed by atoms with Crippen molar-refractivity contribution < 1.29 is 33.8 Å². The fourth-order valence-electron chi connectivity index (χ4n) is 9.43. The fraction of sp³-hybridized carbons (Fsp3) is 0.415. The van der Waals surface area contributed by atoms with E-state index in [1.807, 2.05) is 100 Å². The molecule has 4 aromatic heterocycles. The van der Waals surface area contributed by atoms with Gasteiger partial charge in [0.1, 0.15) is 40.8 Å². The Balaban J connectivity index is 0.750. The van der Waals surface area contributed by atoms with Crippen molar-refractivity contribution in [2.45, 2.75) is 123 Å². The molecular weight excluding hydrogens is 988 g/mol. The number of pyridine rings is 1. The molecule has 1 aliphatic carbocycles. The van der Waals surface area contributed by atoms with Crippen molar-refractivity contribution in [1.29, 1.82) is 0 Å². The Morgan fingerprint density at radius 3 is 2.30 bits per heavy atom. The molecule has 5 atom stereocenters. The number of carbonyl (C=O) groups is 4. The van der Waals surface area contributed by atoms with Crippen LogP contribution >= 0.6 is 34.3 Å². The van der Waals surface area contributed by atoms with E-state index in [4.69, 9.17) is 26.1 Å². The van der Waals surface area contributed by atoms with Crippen LogP contribution in [0.3, 0.4) is 0 Å². The van der Waals surface area contributed by atoms with Crippen LogP contribution in [-0.2, 0) is 19.2 Å². The molecule has 0 spiro atoms. The number of carbonyl (C=O) groups excluding carboxylic acids is 4. The largest absolute Gasteiger partial charge is 0.482 e. The lowest BCUT2D eigenvalue weighted by Crippen LogP contribution is -2.58. The van der Waals surface area contributed by atoms with Gasteiger partial charge in [-0.05, 0) is 74.9 Å². The van der Waals surface area contributed by atoms with E-state index in [-0.39, 0.29) is 43.5 Å². The first kappa shape index (κ1) is 51.4. The number of fused-ring (bicyclic) bond motifs is 3. The molecule has 0 radical (unpaired) electrons. The normalized spacial score (nSPS) is 20.1. The minimum absolute atomic E-state index is 0.0471. The topological polar surface area (TPSA) is 215 Å². The Morgan fingerprint density at radius 1 is 0.904 bits per heavy atom. The Morgan fingerprint density at radius 2 is 1.63 bits per heavy atom. The maximum Gasteiger partial charge on any atom is 0.258 e. The van der Waals surface area contributed by atoms with Crippen LogP contribution in [0.15, 0.2) is 77.4 Å². The molecule has 2 aliphatic heterocycles. The quantitative estimate of drug-likeness (QED) is 0.0791. The number of hydrogen-bond donors (Lipinski definition) is 4. The van der Waals surface area contributed by atoms with Crippen LogP contribution in [0.2, 0.25) is 5.02 Å². The first-order chi connectivity index (χ1) is 34.8. The van der Waals surface area contributed by atoms with Crippen LogP contribution in [0, 0.1) is 33.1 Å². The minimum Gasteiger partial charge on any atom is -0.482 e. The number of thiophene rings is 1. The summed E-state index contributed by atoms with van der Waals surface area (Å²) in [6.07, 6.45) is 1.68. The second-order valence-corrected chi connectivity index (χ2v) is 22.6. The lowest BCUT2D eigenvalue weighted by molar-refractivity contribution is -0.144. The second-order valence-electron chi connectivity index (χ2n) is 20.1. The number of likely N-dealkylation sites (tertiary alicyclic amines) is 1. The van der Waals surface area contributed by atoms with E-state index in [0.717, 1.165) is 59.8 Å². The predicted molar refractivity (Wildman–Crippen MR) is 280 cm³/mol. The van der Waals surface area contributed by atoms with E-state index < -0.39 is 54.0 Å². The van der Waals surface area contributed by atoms with Crippen molar-refractivity contribution >= 4 is 63.6 Å². The molecule has 6 heterocycles. The summed E-state index contributed by atoms with van der Waals surface area (Å²) in [5.74, 6) is 0.432. The van der Waals surface area contributed by atoms with Gasteiger partial charge >= 0.3 is 0 Å². The van der Waals surface area contributed by atoms with Gasteiger partial charge in [0.25, 0.3) is 5.91 Å². The molecule has 1 saturated carbocycles. The summed E-state index contributed by atoms with van der Waals surface area (Å²) >= 11 is 9.49. The van der Waals surface area contributed by atoms with Crippen LogP contribution < -0.4 is 25.4 Å². The van der Waals surface area contributed by atoms with Gasteiger partial charge < -0.3 is 35.4 Å². The number of hydrogen-bond acceptors (Lipinski definition) is 14. The van der Waals surface area contributed by atoms with Crippen molar-refractivity contribution in [3.05, 3.63) is 122 Å². The lowest BCUT2D eigenvalue weighted by Gasteiger charge is -2.35. The monoisotopic (exact) mass is 1050 g/mol. The smallest absolute Gasteiger partial charge is 0.258 e. The van der Waals surface area contributed by atoms with Gasteiger partial charge in [-0.1, -0.05) is 68.8 Å². The van der Waals surface area contributed by atoms with Crippen LogP contribution in [0.25, 0.3) is 15.4 Å². The third-order valence-corrected chi connectivity index (χ3v) is 16.0. The molecule has 73 heavy (non-hydrogen) atoms. The number of nitrogens with one attached hydrogen (secondary N) is 3. The summed E-state index contributed by atoms with van der Waals surface area (Å²) < 4.78 is 13.9. The van der Waals surface area contributed by atoms with E-state index in [1.54, 1.807) is 34.8 Å². The number of β-amino-alcohol motifs (C(OH)–C–C–N with tert-alkyl or cyclic N) is 1. The zero-order chi connectivity index (χ0) is 51.9.